The Hall–Kier alpha value is -2.29. The van der Waals surface area contributed by atoms with E-state index in [2.05, 4.69) is 59.7 Å². The van der Waals surface area contributed by atoms with Crippen molar-refractivity contribution in [1.82, 2.24) is 15.5 Å². The number of benzene rings is 2. The average Bonchev–Trinajstić information content (AvgIpc) is 3.34. The first kappa shape index (κ1) is 27.0. The molecule has 1 aliphatic rings. The van der Waals surface area contributed by atoms with Crippen molar-refractivity contribution in [2.75, 3.05) is 45.2 Å². The van der Waals surface area contributed by atoms with Crippen molar-refractivity contribution in [3.8, 4) is 0 Å². The van der Waals surface area contributed by atoms with E-state index in [0.29, 0.717) is 12.1 Å². The number of halogens is 1. The summed E-state index contributed by atoms with van der Waals surface area (Å²) in [5.41, 5.74) is 4.40. The van der Waals surface area contributed by atoms with E-state index in [9.17, 15) is 4.79 Å². The zero-order valence-electron chi connectivity index (χ0n) is 20.3. The summed E-state index contributed by atoms with van der Waals surface area (Å²) in [6, 6.07) is 16.8. The van der Waals surface area contributed by atoms with Gasteiger partial charge in [0.15, 0.2) is 5.96 Å². The van der Waals surface area contributed by atoms with Gasteiger partial charge in [-0.2, -0.15) is 0 Å². The maximum absolute atomic E-state index is 12.2. The number of carbonyl (C=O) groups excluding carboxylic acids is 1. The number of amides is 1. The van der Waals surface area contributed by atoms with E-state index in [1.807, 2.05) is 18.2 Å². The normalized spacial score (nSPS) is 14.4. The predicted molar refractivity (Wildman–Crippen MR) is 149 cm³/mol. The van der Waals surface area contributed by atoms with Crippen LogP contribution < -0.4 is 15.5 Å². The standard InChI is InChI=1S/C26H37N5O.HI/c1-5-27-26(28-15-14-21-10-8-12-23(18-21)25(32)30(3)4)29-20(2)22-11-9-13-24(19-22)31-16-6-7-17-31;/h8-13,18-20H,5-7,14-17H2,1-4H3,(H2,27,28,29);1H. The van der Waals surface area contributed by atoms with Crippen LogP contribution in [0.5, 0.6) is 0 Å². The Morgan fingerprint density at radius 3 is 2.55 bits per heavy atom. The minimum Gasteiger partial charge on any atom is -0.372 e. The molecule has 0 saturated carbocycles. The van der Waals surface area contributed by atoms with Gasteiger partial charge in [-0.1, -0.05) is 24.3 Å². The number of hydrogen-bond acceptors (Lipinski definition) is 3. The zero-order chi connectivity index (χ0) is 22.9. The molecule has 33 heavy (non-hydrogen) atoms. The number of aliphatic imine (C=N–C) groups is 1. The molecule has 1 fully saturated rings. The van der Waals surface area contributed by atoms with Crippen LogP contribution >= 0.6 is 24.0 Å². The van der Waals surface area contributed by atoms with E-state index >= 15 is 0 Å². The number of anilines is 1. The van der Waals surface area contributed by atoms with Gasteiger partial charge in [0.05, 0.1) is 6.04 Å². The lowest BCUT2D eigenvalue weighted by Crippen LogP contribution is -2.39. The van der Waals surface area contributed by atoms with Gasteiger partial charge in [-0.15, -0.1) is 24.0 Å². The lowest BCUT2D eigenvalue weighted by molar-refractivity contribution is 0.0827. The molecular formula is C26H38IN5O. The molecular weight excluding hydrogens is 525 g/mol. The van der Waals surface area contributed by atoms with Crippen LogP contribution in [0.15, 0.2) is 53.5 Å². The lowest BCUT2D eigenvalue weighted by atomic mass is 10.1. The first-order valence-corrected chi connectivity index (χ1v) is 11.7. The molecule has 7 heteroatoms. The van der Waals surface area contributed by atoms with Crippen molar-refractivity contribution in [3.05, 3.63) is 65.2 Å². The summed E-state index contributed by atoms with van der Waals surface area (Å²) in [5.74, 6) is 0.836. The van der Waals surface area contributed by atoms with Crippen LogP contribution in [0.4, 0.5) is 5.69 Å². The van der Waals surface area contributed by atoms with Crippen LogP contribution in [0, 0.1) is 0 Å². The molecule has 3 rings (SSSR count). The van der Waals surface area contributed by atoms with Gasteiger partial charge in [-0.25, -0.2) is 0 Å². The molecule has 1 atom stereocenters. The molecule has 0 spiro atoms. The Morgan fingerprint density at radius 1 is 1.12 bits per heavy atom. The van der Waals surface area contributed by atoms with Gasteiger partial charge < -0.3 is 20.4 Å². The Kier molecular flexibility index (Phi) is 11.0. The van der Waals surface area contributed by atoms with E-state index in [-0.39, 0.29) is 35.9 Å². The second kappa shape index (κ2) is 13.4. The molecule has 180 valence electrons. The molecule has 6 nitrogen and oxygen atoms in total. The number of carbonyl (C=O) groups is 1. The predicted octanol–water partition coefficient (Wildman–Crippen LogP) is 4.47. The van der Waals surface area contributed by atoms with E-state index in [1.54, 1.807) is 19.0 Å². The third-order valence-electron chi connectivity index (χ3n) is 5.79. The highest BCUT2D eigenvalue weighted by Gasteiger charge is 2.14. The molecule has 2 aromatic carbocycles. The SMILES string of the molecule is CCNC(=NCCc1cccc(C(=O)N(C)C)c1)NC(C)c1cccc(N2CCCC2)c1.I. The Morgan fingerprint density at radius 2 is 1.85 bits per heavy atom. The second-order valence-corrected chi connectivity index (χ2v) is 8.57. The number of hydrogen-bond donors (Lipinski definition) is 2. The van der Waals surface area contributed by atoms with Crippen LogP contribution in [0.25, 0.3) is 0 Å². The molecule has 0 radical (unpaired) electrons. The maximum Gasteiger partial charge on any atom is 0.253 e. The first-order chi connectivity index (χ1) is 15.5. The van der Waals surface area contributed by atoms with Crippen LogP contribution in [0.1, 0.15) is 54.2 Å². The van der Waals surface area contributed by atoms with Gasteiger partial charge in [0.25, 0.3) is 5.91 Å². The molecule has 0 aliphatic carbocycles. The largest absolute Gasteiger partial charge is 0.372 e. The zero-order valence-corrected chi connectivity index (χ0v) is 22.6. The van der Waals surface area contributed by atoms with Crippen molar-refractivity contribution in [1.29, 1.82) is 0 Å². The summed E-state index contributed by atoms with van der Waals surface area (Å²) in [6.07, 6.45) is 3.34. The van der Waals surface area contributed by atoms with Crippen LogP contribution in [-0.2, 0) is 6.42 Å². The van der Waals surface area contributed by atoms with Crippen LogP contribution in [-0.4, -0.2) is 57.0 Å². The number of rotatable bonds is 8. The molecule has 0 aromatic heterocycles. The summed E-state index contributed by atoms with van der Waals surface area (Å²) in [5, 5.41) is 6.89. The molecule has 1 amide bonds. The van der Waals surface area contributed by atoms with Crippen LogP contribution in [0.3, 0.4) is 0 Å². The van der Waals surface area contributed by atoms with Gasteiger partial charge in [-0.05, 0) is 68.5 Å². The van der Waals surface area contributed by atoms with E-state index in [0.717, 1.165) is 37.6 Å². The molecule has 2 aromatic rings. The molecule has 2 N–H and O–H groups in total. The van der Waals surface area contributed by atoms with E-state index < -0.39 is 0 Å². The smallest absolute Gasteiger partial charge is 0.253 e. The van der Waals surface area contributed by atoms with Crippen molar-refractivity contribution in [3.63, 3.8) is 0 Å². The third-order valence-corrected chi connectivity index (χ3v) is 5.79. The quantitative estimate of drug-likeness (QED) is 0.283. The van der Waals surface area contributed by atoms with Gasteiger partial charge in [0.1, 0.15) is 0 Å². The monoisotopic (exact) mass is 563 g/mol. The number of nitrogens with one attached hydrogen (secondary N) is 2. The van der Waals surface area contributed by atoms with E-state index in [1.165, 1.54) is 24.1 Å². The summed E-state index contributed by atoms with van der Waals surface area (Å²) in [6.45, 7) is 8.00. The fourth-order valence-corrected chi connectivity index (χ4v) is 3.99. The van der Waals surface area contributed by atoms with Crippen molar-refractivity contribution < 1.29 is 4.79 Å². The van der Waals surface area contributed by atoms with Gasteiger partial charge in [0.2, 0.25) is 0 Å². The minimum atomic E-state index is 0. The highest BCUT2D eigenvalue weighted by molar-refractivity contribution is 14.0. The minimum absolute atomic E-state index is 0. The highest BCUT2D eigenvalue weighted by Crippen LogP contribution is 2.24. The van der Waals surface area contributed by atoms with Gasteiger partial charge >= 0.3 is 0 Å². The Labute approximate surface area is 215 Å². The fourth-order valence-electron chi connectivity index (χ4n) is 3.99. The number of nitrogens with zero attached hydrogens (tertiary/aromatic N) is 3. The summed E-state index contributed by atoms with van der Waals surface area (Å²) in [7, 11) is 3.55. The van der Waals surface area contributed by atoms with E-state index in [4.69, 9.17) is 4.99 Å². The fraction of sp³-hybridized carbons (Fsp3) is 0.462. The first-order valence-electron chi connectivity index (χ1n) is 11.7. The maximum atomic E-state index is 12.2. The highest BCUT2D eigenvalue weighted by atomic mass is 127. The van der Waals surface area contributed by atoms with Crippen molar-refractivity contribution >= 4 is 41.5 Å². The topological polar surface area (TPSA) is 60.0 Å². The summed E-state index contributed by atoms with van der Waals surface area (Å²) >= 11 is 0. The lowest BCUT2D eigenvalue weighted by Gasteiger charge is -2.22. The molecule has 1 unspecified atom stereocenters. The molecule has 1 aliphatic heterocycles. The average molecular weight is 564 g/mol. The third kappa shape index (κ3) is 7.91. The molecule has 1 heterocycles. The molecule has 1 saturated heterocycles. The summed E-state index contributed by atoms with van der Waals surface area (Å²) < 4.78 is 0. The Balaban J connectivity index is 0.00000385. The molecule has 0 bridgehead atoms. The summed E-state index contributed by atoms with van der Waals surface area (Å²) in [4.78, 5) is 21.0. The van der Waals surface area contributed by atoms with Crippen molar-refractivity contribution in [2.45, 2.75) is 39.2 Å². The van der Waals surface area contributed by atoms with Gasteiger partial charge in [0, 0.05) is 51.5 Å². The Bertz CT molecular complexity index is 924. The van der Waals surface area contributed by atoms with Crippen LogP contribution in [0.2, 0.25) is 0 Å². The van der Waals surface area contributed by atoms with Gasteiger partial charge in [-0.3, -0.25) is 9.79 Å². The number of guanidine groups is 1. The van der Waals surface area contributed by atoms with Crippen molar-refractivity contribution in [2.24, 2.45) is 4.99 Å². The second-order valence-electron chi connectivity index (χ2n) is 8.57.